The van der Waals surface area contributed by atoms with Crippen molar-refractivity contribution in [3.8, 4) is 0 Å². The number of hydrogen-bond acceptors (Lipinski definition) is 4. The number of ether oxygens (including phenoxy) is 1. The third kappa shape index (κ3) is 5.08. The van der Waals surface area contributed by atoms with Gasteiger partial charge in [-0.25, -0.2) is 8.78 Å². The van der Waals surface area contributed by atoms with Gasteiger partial charge in [-0.15, -0.1) is 0 Å². The second-order valence-corrected chi connectivity index (χ2v) is 4.29. The molecule has 0 saturated carbocycles. The average molecular weight is 288 g/mol. The van der Waals surface area contributed by atoms with Crippen LogP contribution in [0.5, 0.6) is 0 Å². The van der Waals surface area contributed by atoms with Gasteiger partial charge < -0.3 is 10.1 Å². The van der Waals surface area contributed by atoms with Gasteiger partial charge in [0, 0.05) is 19.8 Å². The summed E-state index contributed by atoms with van der Waals surface area (Å²) in [6.07, 6.45) is 2.64. The van der Waals surface area contributed by atoms with Crippen LogP contribution in [-0.2, 0) is 4.74 Å². The summed E-state index contributed by atoms with van der Waals surface area (Å²) in [5.41, 5.74) is -0.947. The van der Waals surface area contributed by atoms with E-state index in [1.54, 1.807) is 0 Å². The van der Waals surface area contributed by atoms with Crippen molar-refractivity contribution >= 4 is 11.4 Å². The number of unbranched alkanes of at least 4 members (excludes halogenated alkanes) is 1. The molecule has 0 unspecified atom stereocenters. The first-order chi connectivity index (χ1) is 9.56. The first kappa shape index (κ1) is 16.3. The quantitative estimate of drug-likeness (QED) is 0.429. The molecule has 1 N–H and O–H groups in total. The SMILES string of the molecule is CCCCOCCCNc1c(F)cc([N+](=O)[O-])cc1F. The summed E-state index contributed by atoms with van der Waals surface area (Å²) >= 11 is 0. The zero-order chi connectivity index (χ0) is 15.0. The number of hydrogen-bond donors (Lipinski definition) is 1. The molecule has 0 aliphatic heterocycles. The third-order valence-electron chi connectivity index (χ3n) is 2.65. The Kier molecular flexibility index (Phi) is 6.86. The smallest absolute Gasteiger partial charge is 0.275 e. The number of halogens is 2. The van der Waals surface area contributed by atoms with Gasteiger partial charge >= 0.3 is 0 Å². The summed E-state index contributed by atoms with van der Waals surface area (Å²) in [4.78, 5) is 9.60. The fourth-order valence-corrected chi connectivity index (χ4v) is 1.57. The normalized spacial score (nSPS) is 10.6. The highest BCUT2D eigenvalue weighted by Gasteiger charge is 2.16. The summed E-state index contributed by atoms with van der Waals surface area (Å²) in [5, 5.41) is 13.0. The monoisotopic (exact) mass is 288 g/mol. The number of nitro groups is 1. The average Bonchev–Trinajstić information content (AvgIpc) is 2.40. The van der Waals surface area contributed by atoms with Crippen molar-refractivity contribution in [2.75, 3.05) is 25.1 Å². The Morgan fingerprint density at radius 1 is 1.25 bits per heavy atom. The molecule has 0 spiro atoms. The van der Waals surface area contributed by atoms with E-state index < -0.39 is 22.2 Å². The van der Waals surface area contributed by atoms with E-state index in [2.05, 4.69) is 12.2 Å². The minimum atomic E-state index is -0.969. The zero-order valence-corrected chi connectivity index (χ0v) is 11.3. The molecule has 0 atom stereocenters. The number of benzene rings is 1. The van der Waals surface area contributed by atoms with E-state index in [0.29, 0.717) is 38.3 Å². The van der Waals surface area contributed by atoms with E-state index >= 15 is 0 Å². The van der Waals surface area contributed by atoms with Crippen molar-refractivity contribution in [3.63, 3.8) is 0 Å². The lowest BCUT2D eigenvalue weighted by atomic mass is 10.2. The molecule has 0 fully saturated rings. The molecule has 0 radical (unpaired) electrons. The Hall–Kier alpha value is -1.76. The van der Waals surface area contributed by atoms with Crippen LogP contribution in [0.3, 0.4) is 0 Å². The Bertz CT molecular complexity index is 432. The molecule has 0 heterocycles. The van der Waals surface area contributed by atoms with Gasteiger partial charge in [0.15, 0.2) is 11.6 Å². The third-order valence-corrected chi connectivity index (χ3v) is 2.65. The van der Waals surface area contributed by atoms with Crippen LogP contribution in [0.25, 0.3) is 0 Å². The first-order valence-electron chi connectivity index (χ1n) is 6.51. The van der Waals surface area contributed by atoms with Crippen molar-refractivity contribution in [1.82, 2.24) is 0 Å². The molecular weight excluding hydrogens is 270 g/mol. The Morgan fingerprint density at radius 2 is 1.85 bits per heavy atom. The van der Waals surface area contributed by atoms with E-state index in [-0.39, 0.29) is 5.69 Å². The second-order valence-electron chi connectivity index (χ2n) is 4.29. The van der Waals surface area contributed by atoms with Gasteiger partial charge in [0.05, 0.1) is 17.1 Å². The summed E-state index contributed by atoms with van der Waals surface area (Å²) in [6.45, 7) is 3.57. The van der Waals surface area contributed by atoms with Gasteiger partial charge in [-0.2, -0.15) is 0 Å². The van der Waals surface area contributed by atoms with Crippen LogP contribution in [0.15, 0.2) is 12.1 Å². The number of non-ortho nitro benzene ring substituents is 1. The molecule has 0 bridgehead atoms. The van der Waals surface area contributed by atoms with Crippen LogP contribution in [0.2, 0.25) is 0 Å². The molecule has 0 amide bonds. The van der Waals surface area contributed by atoms with Crippen molar-refractivity contribution in [2.45, 2.75) is 26.2 Å². The lowest BCUT2D eigenvalue weighted by Gasteiger charge is -2.09. The summed E-state index contributed by atoms with van der Waals surface area (Å²) < 4.78 is 32.3. The first-order valence-corrected chi connectivity index (χ1v) is 6.51. The van der Waals surface area contributed by atoms with Crippen LogP contribution in [0.1, 0.15) is 26.2 Å². The number of nitrogens with zero attached hydrogens (tertiary/aromatic N) is 1. The molecule has 112 valence electrons. The molecule has 0 aromatic heterocycles. The molecule has 0 aliphatic rings. The minimum absolute atomic E-state index is 0.331. The van der Waals surface area contributed by atoms with Crippen molar-refractivity contribution in [2.24, 2.45) is 0 Å². The second kappa shape index (κ2) is 8.42. The standard InChI is InChI=1S/C13H18F2N2O3/c1-2-3-6-20-7-4-5-16-13-11(14)8-10(17(18)19)9-12(13)15/h8-9,16H,2-7H2,1H3. The number of rotatable bonds is 9. The Morgan fingerprint density at radius 3 is 2.40 bits per heavy atom. The predicted octanol–water partition coefficient (Wildman–Crippen LogP) is 3.49. The molecule has 0 aliphatic carbocycles. The zero-order valence-electron chi connectivity index (χ0n) is 11.3. The van der Waals surface area contributed by atoms with Crippen molar-refractivity contribution in [1.29, 1.82) is 0 Å². The fourth-order valence-electron chi connectivity index (χ4n) is 1.57. The molecule has 7 heteroatoms. The largest absolute Gasteiger partial charge is 0.381 e. The Labute approximate surface area is 116 Å². The van der Waals surface area contributed by atoms with Crippen LogP contribution >= 0.6 is 0 Å². The molecule has 1 rings (SSSR count). The van der Waals surface area contributed by atoms with Gasteiger partial charge in [0.2, 0.25) is 0 Å². The fraction of sp³-hybridized carbons (Fsp3) is 0.538. The molecule has 1 aromatic carbocycles. The molecule has 0 saturated heterocycles. The van der Waals surface area contributed by atoms with E-state index in [9.17, 15) is 18.9 Å². The maximum atomic E-state index is 13.5. The summed E-state index contributed by atoms with van der Waals surface area (Å²) in [5.74, 6) is -1.94. The molecule has 5 nitrogen and oxygen atoms in total. The van der Waals surface area contributed by atoms with Crippen LogP contribution < -0.4 is 5.32 Å². The number of nitrogens with one attached hydrogen (secondary N) is 1. The van der Waals surface area contributed by atoms with Crippen molar-refractivity contribution < 1.29 is 18.4 Å². The van der Waals surface area contributed by atoms with Gasteiger partial charge in [0.1, 0.15) is 5.69 Å². The van der Waals surface area contributed by atoms with E-state index in [0.717, 1.165) is 12.8 Å². The van der Waals surface area contributed by atoms with E-state index in [4.69, 9.17) is 4.74 Å². The van der Waals surface area contributed by atoms with Crippen molar-refractivity contribution in [3.05, 3.63) is 33.9 Å². The van der Waals surface area contributed by atoms with Crippen LogP contribution in [0, 0.1) is 21.7 Å². The maximum absolute atomic E-state index is 13.5. The number of nitro benzene ring substituents is 1. The number of anilines is 1. The van der Waals surface area contributed by atoms with Gasteiger partial charge in [0.25, 0.3) is 5.69 Å². The highest BCUT2D eigenvalue weighted by atomic mass is 19.1. The minimum Gasteiger partial charge on any atom is -0.381 e. The van der Waals surface area contributed by atoms with Crippen LogP contribution in [-0.4, -0.2) is 24.7 Å². The lowest BCUT2D eigenvalue weighted by Crippen LogP contribution is -2.09. The van der Waals surface area contributed by atoms with Crippen LogP contribution in [0.4, 0.5) is 20.2 Å². The highest BCUT2D eigenvalue weighted by molar-refractivity contribution is 5.51. The van der Waals surface area contributed by atoms with Gasteiger partial charge in [-0.3, -0.25) is 10.1 Å². The predicted molar refractivity (Wildman–Crippen MR) is 71.8 cm³/mol. The molecule has 1 aromatic rings. The summed E-state index contributed by atoms with van der Waals surface area (Å²) in [7, 11) is 0. The van der Waals surface area contributed by atoms with Gasteiger partial charge in [-0.05, 0) is 12.8 Å². The van der Waals surface area contributed by atoms with E-state index in [1.165, 1.54) is 0 Å². The topological polar surface area (TPSA) is 64.4 Å². The van der Waals surface area contributed by atoms with Gasteiger partial charge in [-0.1, -0.05) is 13.3 Å². The Balaban J connectivity index is 2.42. The molecular formula is C13H18F2N2O3. The summed E-state index contributed by atoms with van der Waals surface area (Å²) in [6, 6.07) is 1.40. The molecule has 20 heavy (non-hydrogen) atoms. The highest BCUT2D eigenvalue weighted by Crippen LogP contribution is 2.24. The maximum Gasteiger partial charge on any atom is 0.275 e. The lowest BCUT2D eigenvalue weighted by molar-refractivity contribution is -0.385. The van der Waals surface area contributed by atoms with E-state index in [1.807, 2.05) is 0 Å².